The summed E-state index contributed by atoms with van der Waals surface area (Å²) in [5.74, 6) is -2.63. The molecule has 0 spiro atoms. The van der Waals surface area contributed by atoms with Crippen molar-refractivity contribution in [3.05, 3.63) is 48.0 Å². The summed E-state index contributed by atoms with van der Waals surface area (Å²) in [6.07, 6.45) is -7.70. The molecular weight excluding hydrogens is 514 g/mol. The Kier molecular flexibility index (Phi) is 8.61. The van der Waals surface area contributed by atoms with E-state index in [1.807, 2.05) is 0 Å². The first-order valence-electron chi connectivity index (χ1n) is 10.9. The van der Waals surface area contributed by atoms with E-state index >= 15 is 0 Å². The number of carbonyl (C=O) groups excluding carboxylic acids is 1. The zero-order chi connectivity index (χ0) is 27.2. The monoisotopic (exact) mass is 536 g/mol. The lowest BCUT2D eigenvalue weighted by Gasteiger charge is -2.30. The summed E-state index contributed by atoms with van der Waals surface area (Å²) in [4.78, 5) is 23.8. The average Bonchev–Trinajstić information content (AvgIpc) is 2.80. The van der Waals surface area contributed by atoms with Gasteiger partial charge in [-0.15, -0.1) is 13.2 Å². The number of nitrogens with one attached hydrogen (secondary N) is 2. The van der Waals surface area contributed by atoms with Gasteiger partial charge in [0.1, 0.15) is 22.8 Å². The van der Waals surface area contributed by atoms with E-state index in [-0.39, 0.29) is 23.2 Å². The van der Waals surface area contributed by atoms with E-state index in [1.54, 1.807) is 0 Å². The van der Waals surface area contributed by atoms with Crippen LogP contribution in [0.5, 0.6) is 17.2 Å². The van der Waals surface area contributed by atoms with Crippen LogP contribution in [0.3, 0.4) is 0 Å². The van der Waals surface area contributed by atoms with Gasteiger partial charge in [0.2, 0.25) is 0 Å². The van der Waals surface area contributed by atoms with Crippen molar-refractivity contribution >= 4 is 17.7 Å². The predicted molar refractivity (Wildman–Crippen MR) is 117 cm³/mol. The summed E-state index contributed by atoms with van der Waals surface area (Å²) >= 11 is 0. The second-order valence-corrected chi connectivity index (χ2v) is 8.10. The van der Waals surface area contributed by atoms with Crippen molar-refractivity contribution < 1.29 is 55.2 Å². The van der Waals surface area contributed by atoms with Crippen LogP contribution in [0.1, 0.15) is 36.0 Å². The predicted octanol–water partition coefficient (Wildman–Crippen LogP) is 5.74. The molecule has 3 N–H and O–H groups in total. The van der Waals surface area contributed by atoms with Crippen molar-refractivity contribution in [3.63, 3.8) is 0 Å². The molecule has 14 heteroatoms. The summed E-state index contributed by atoms with van der Waals surface area (Å²) in [6, 6.07) is 6.92. The Morgan fingerprint density at radius 3 is 2.24 bits per heavy atom. The summed E-state index contributed by atoms with van der Waals surface area (Å²) in [5.41, 5.74) is -0.349. The van der Waals surface area contributed by atoms with E-state index in [9.17, 15) is 41.0 Å². The quantitative estimate of drug-likeness (QED) is 0.353. The minimum absolute atomic E-state index is 0.114. The Bertz CT molecular complexity index is 1110. The largest absolute Gasteiger partial charge is 0.573 e. The molecule has 0 bridgehead atoms. The minimum atomic E-state index is -4.98. The number of hydrogen-bond acceptors (Lipinski definition) is 5. The Labute approximate surface area is 206 Å². The van der Waals surface area contributed by atoms with E-state index < -0.39 is 48.6 Å². The molecule has 2 aromatic rings. The number of urea groups is 1. The average molecular weight is 536 g/mol. The zero-order valence-electron chi connectivity index (χ0n) is 19.0. The van der Waals surface area contributed by atoms with Gasteiger partial charge in [-0.25, -0.2) is 14.0 Å². The van der Waals surface area contributed by atoms with Gasteiger partial charge >= 0.3 is 24.5 Å². The standard InChI is InChI=1S/C23H22F6N2O6/c24-12-22(25,26)36-16-3-1-2-14(10-16)31-21(34)30-13-4-6-15(7-5-13)35-19-9-8-17(37-23(27,28)29)11-18(19)20(32)33/h1-3,8-11,13,15H,4-7,12H2,(H,32,33)(H2,30,31,34). The Balaban J connectivity index is 1.51. The third-order valence-electron chi connectivity index (χ3n) is 5.23. The van der Waals surface area contributed by atoms with Crippen LogP contribution in [-0.4, -0.2) is 48.4 Å². The molecule has 0 heterocycles. The lowest BCUT2D eigenvalue weighted by molar-refractivity contribution is -0.274. The first-order chi connectivity index (χ1) is 17.3. The highest BCUT2D eigenvalue weighted by atomic mass is 19.4. The fraction of sp³-hybridized carbons (Fsp3) is 0.391. The number of anilines is 1. The maximum absolute atomic E-state index is 13.1. The van der Waals surface area contributed by atoms with Crippen LogP contribution in [0, 0.1) is 0 Å². The fourth-order valence-corrected chi connectivity index (χ4v) is 3.67. The number of ether oxygens (including phenoxy) is 3. The second kappa shape index (κ2) is 11.5. The lowest BCUT2D eigenvalue weighted by atomic mass is 9.93. The summed E-state index contributed by atoms with van der Waals surface area (Å²) in [6.45, 7) is -2.01. The van der Waals surface area contributed by atoms with Crippen LogP contribution in [0.4, 0.5) is 36.8 Å². The smallest absolute Gasteiger partial charge is 0.490 e. The first kappa shape index (κ1) is 27.7. The Morgan fingerprint density at radius 2 is 1.62 bits per heavy atom. The number of rotatable bonds is 9. The number of benzene rings is 2. The van der Waals surface area contributed by atoms with E-state index in [2.05, 4.69) is 20.1 Å². The van der Waals surface area contributed by atoms with Crippen molar-refractivity contribution in [2.75, 3.05) is 12.0 Å². The van der Waals surface area contributed by atoms with Crippen molar-refractivity contribution in [2.45, 2.75) is 50.3 Å². The van der Waals surface area contributed by atoms with Crippen LogP contribution >= 0.6 is 0 Å². The molecule has 2 amide bonds. The van der Waals surface area contributed by atoms with Crippen LogP contribution in [0.2, 0.25) is 0 Å². The number of amides is 2. The number of halogens is 6. The zero-order valence-corrected chi connectivity index (χ0v) is 19.0. The molecule has 0 radical (unpaired) electrons. The van der Waals surface area contributed by atoms with Gasteiger partial charge in [0, 0.05) is 17.8 Å². The normalized spacial score (nSPS) is 18.0. The summed E-state index contributed by atoms with van der Waals surface area (Å²) in [7, 11) is 0. The minimum Gasteiger partial charge on any atom is -0.490 e. The van der Waals surface area contributed by atoms with Gasteiger partial charge in [0.05, 0.1) is 6.10 Å². The molecule has 2 aromatic carbocycles. The van der Waals surface area contributed by atoms with Crippen molar-refractivity contribution in [2.24, 2.45) is 0 Å². The molecule has 0 aromatic heterocycles. The molecule has 0 saturated heterocycles. The van der Waals surface area contributed by atoms with Crippen LogP contribution in [0.15, 0.2) is 42.5 Å². The van der Waals surface area contributed by atoms with Gasteiger partial charge in [-0.05, 0) is 56.0 Å². The highest BCUT2D eigenvalue weighted by Crippen LogP contribution is 2.31. The third-order valence-corrected chi connectivity index (χ3v) is 5.23. The number of alkyl halides is 6. The van der Waals surface area contributed by atoms with E-state index in [1.165, 1.54) is 18.2 Å². The van der Waals surface area contributed by atoms with Gasteiger partial charge in [-0.3, -0.25) is 0 Å². The van der Waals surface area contributed by atoms with Gasteiger partial charge < -0.3 is 30.0 Å². The number of aromatic carboxylic acids is 1. The third kappa shape index (κ3) is 8.65. The molecule has 8 nitrogen and oxygen atoms in total. The lowest BCUT2D eigenvalue weighted by Crippen LogP contribution is -2.41. The highest BCUT2D eigenvalue weighted by molar-refractivity contribution is 5.91. The number of carboxylic acids is 1. The maximum atomic E-state index is 13.1. The molecular formula is C23H22F6N2O6. The second-order valence-electron chi connectivity index (χ2n) is 8.10. The molecule has 202 valence electrons. The molecule has 1 aliphatic rings. The van der Waals surface area contributed by atoms with Crippen molar-refractivity contribution in [1.82, 2.24) is 5.32 Å². The van der Waals surface area contributed by atoms with Gasteiger partial charge in [0.25, 0.3) is 0 Å². The molecule has 0 unspecified atom stereocenters. The Morgan fingerprint density at radius 1 is 0.946 bits per heavy atom. The molecule has 1 aliphatic carbocycles. The van der Waals surface area contributed by atoms with Crippen LogP contribution in [-0.2, 0) is 0 Å². The van der Waals surface area contributed by atoms with Gasteiger partial charge in [-0.1, -0.05) is 6.07 Å². The Hall–Kier alpha value is -3.84. The molecule has 1 saturated carbocycles. The molecule has 37 heavy (non-hydrogen) atoms. The van der Waals surface area contributed by atoms with Gasteiger partial charge in [0.15, 0.2) is 6.67 Å². The van der Waals surface area contributed by atoms with E-state index in [4.69, 9.17) is 4.74 Å². The maximum Gasteiger partial charge on any atom is 0.573 e. The highest BCUT2D eigenvalue weighted by Gasteiger charge is 2.33. The topological polar surface area (TPSA) is 106 Å². The van der Waals surface area contributed by atoms with E-state index in [0.29, 0.717) is 25.7 Å². The summed E-state index contributed by atoms with van der Waals surface area (Å²) < 4.78 is 89.3. The first-order valence-corrected chi connectivity index (χ1v) is 10.9. The molecule has 0 aliphatic heterocycles. The molecule has 0 atom stereocenters. The fourth-order valence-electron chi connectivity index (χ4n) is 3.67. The van der Waals surface area contributed by atoms with Crippen LogP contribution < -0.4 is 24.8 Å². The molecule has 3 rings (SSSR count). The van der Waals surface area contributed by atoms with Crippen molar-refractivity contribution in [3.8, 4) is 17.2 Å². The SMILES string of the molecule is O=C(Nc1cccc(OC(F)(F)CF)c1)NC1CCC(Oc2ccc(OC(F)(F)F)cc2C(=O)O)CC1. The van der Waals surface area contributed by atoms with Crippen LogP contribution in [0.25, 0.3) is 0 Å². The van der Waals surface area contributed by atoms with E-state index in [0.717, 1.165) is 24.3 Å². The molecule has 1 fully saturated rings. The van der Waals surface area contributed by atoms with Crippen molar-refractivity contribution in [1.29, 1.82) is 0 Å². The summed E-state index contributed by atoms with van der Waals surface area (Å²) in [5, 5.41) is 14.5. The number of carboxylic acid groups (broad SMARTS) is 1. The number of hydrogen-bond donors (Lipinski definition) is 3. The van der Waals surface area contributed by atoms with Gasteiger partial charge in [-0.2, -0.15) is 8.78 Å². The number of carbonyl (C=O) groups is 2.